The molecule has 1 heterocycles. The van der Waals surface area contributed by atoms with Gasteiger partial charge in [0.05, 0.1) is 18.4 Å². The summed E-state index contributed by atoms with van der Waals surface area (Å²) in [5.41, 5.74) is 2.89. The number of aromatic nitrogens is 3. The summed E-state index contributed by atoms with van der Waals surface area (Å²) in [5, 5.41) is 8.22. The van der Waals surface area contributed by atoms with Crippen molar-refractivity contribution < 1.29 is 23.6 Å². The van der Waals surface area contributed by atoms with E-state index in [0.29, 0.717) is 0 Å². The summed E-state index contributed by atoms with van der Waals surface area (Å²) < 4.78 is 6.96. The minimum absolute atomic E-state index is 0. The van der Waals surface area contributed by atoms with Gasteiger partial charge >= 0.3 is 18.9 Å². The molecule has 0 saturated carbocycles. The van der Waals surface area contributed by atoms with E-state index < -0.39 is 0 Å². The zero-order chi connectivity index (χ0) is 12.4. The Morgan fingerprint density at radius 3 is 2.79 bits per heavy atom. The molecule has 3 rings (SSSR count). The molecule has 0 aliphatic heterocycles. The van der Waals surface area contributed by atoms with Crippen molar-refractivity contribution >= 4 is 11.0 Å². The van der Waals surface area contributed by atoms with Crippen molar-refractivity contribution in [3.63, 3.8) is 0 Å². The van der Waals surface area contributed by atoms with Crippen LogP contribution in [-0.2, 0) is 0 Å². The largest absolute Gasteiger partial charge is 1.00 e. The Morgan fingerprint density at radius 1 is 1.11 bits per heavy atom. The maximum Gasteiger partial charge on any atom is 1.00 e. The molecule has 0 aliphatic carbocycles. The molecular formula is C14H12LiN3O. The smallest absolute Gasteiger partial charge is 0.507 e. The molecule has 4 nitrogen and oxygen atoms in total. The number of hydrogen-bond donors (Lipinski definition) is 0. The van der Waals surface area contributed by atoms with Crippen LogP contribution in [0.1, 0.15) is 5.56 Å². The summed E-state index contributed by atoms with van der Waals surface area (Å²) >= 11 is 0. The van der Waals surface area contributed by atoms with E-state index >= 15 is 0 Å². The maximum atomic E-state index is 5.20. The van der Waals surface area contributed by atoms with Crippen molar-refractivity contribution in [3.8, 4) is 5.75 Å². The van der Waals surface area contributed by atoms with Crippen LogP contribution in [0, 0.1) is 6.54 Å². The minimum atomic E-state index is 0. The van der Waals surface area contributed by atoms with E-state index in [0.717, 1.165) is 22.3 Å². The number of fused-ring (bicyclic) bond motifs is 1. The molecule has 3 aromatic rings. The number of benzene rings is 2. The number of methoxy groups -OCH3 is 1. The van der Waals surface area contributed by atoms with Gasteiger partial charge in [-0.05, 0) is 12.1 Å². The van der Waals surface area contributed by atoms with E-state index in [1.54, 1.807) is 11.8 Å². The third-order valence-corrected chi connectivity index (χ3v) is 2.74. The fourth-order valence-electron chi connectivity index (χ4n) is 1.85. The summed E-state index contributed by atoms with van der Waals surface area (Å²) in [7, 11) is 1.66. The predicted octanol–water partition coefficient (Wildman–Crippen LogP) is -0.498. The second-order valence-electron chi connectivity index (χ2n) is 3.93. The Hall–Kier alpha value is -1.89. The van der Waals surface area contributed by atoms with Crippen molar-refractivity contribution in [2.75, 3.05) is 7.11 Å². The number of nitrogens with zero attached hydrogens (tertiary/aromatic N) is 3. The van der Waals surface area contributed by atoms with Crippen LogP contribution >= 0.6 is 0 Å². The second-order valence-corrected chi connectivity index (χ2v) is 3.93. The first-order chi connectivity index (χ1) is 8.86. The van der Waals surface area contributed by atoms with Crippen LogP contribution in [0.15, 0.2) is 48.5 Å². The minimum Gasteiger partial charge on any atom is -0.507 e. The van der Waals surface area contributed by atoms with Gasteiger partial charge in [0.2, 0.25) is 0 Å². The zero-order valence-electron chi connectivity index (χ0n) is 10.9. The third kappa shape index (κ3) is 2.76. The van der Waals surface area contributed by atoms with Gasteiger partial charge in [-0.25, -0.2) is 0 Å². The van der Waals surface area contributed by atoms with Gasteiger partial charge in [0.1, 0.15) is 0 Å². The molecule has 0 radical (unpaired) electrons. The Kier molecular flexibility index (Phi) is 4.15. The second kappa shape index (κ2) is 5.83. The molecule has 0 amide bonds. The molecule has 0 bridgehead atoms. The average Bonchev–Trinajstić information content (AvgIpc) is 2.83. The molecule has 0 saturated heterocycles. The van der Waals surface area contributed by atoms with Crippen LogP contribution in [0.2, 0.25) is 0 Å². The summed E-state index contributed by atoms with van der Waals surface area (Å²) in [5.74, 6) is 0.827. The molecule has 0 spiro atoms. The predicted molar refractivity (Wildman–Crippen MR) is 69.3 cm³/mol. The van der Waals surface area contributed by atoms with Crippen molar-refractivity contribution in [2.45, 2.75) is 0 Å². The van der Waals surface area contributed by atoms with Crippen LogP contribution in [0.5, 0.6) is 5.75 Å². The normalized spacial score (nSPS) is 9.95. The summed E-state index contributed by atoms with van der Waals surface area (Å²) in [6, 6.07) is 15.7. The van der Waals surface area contributed by atoms with E-state index in [1.807, 2.05) is 55.1 Å². The van der Waals surface area contributed by atoms with Crippen molar-refractivity contribution in [1.82, 2.24) is 15.0 Å². The molecule has 0 fully saturated rings. The molecule has 90 valence electrons. The number of para-hydroxylation sites is 1. The molecule has 0 atom stereocenters. The molecule has 2 aromatic carbocycles. The van der Waals surface area contributed by atoms with E-state index in [2.05, 4.69) is 10.3 Å². The van der Waals surface area contributed by atoms with Gasteiger partial charge in [0.15, 0.2) is 0 Å². The molecule has 0 aliphatic rings. The Bertz CT molecular complexity index is 681. The van der Waals surface area contributed by atoms with E-state index in [4.69, 9.17) is 4.74 Å². The summed E-state index contributed by atoms with van der Waals surface area (Å²) in [4.78, 5) is 0. The number of rotatable bonds is 3. The van der Waals surface area contributed by atoms with Crippen LogP contribution in [0.25, 0.3) is 11.0 Å². The molecule has 0 unspecified atom stereocenters. The Morgan fingerprint density at radius 2 is 1.95 bits per heavy atom. The average molecular weight is 245 g/mol. The maximum absolute atomic E-state index is 5.20. The fraction of sp³-hybridized carbons (Fsp3) is 0.0714. The summed E-state index contributed by atoms with van der Waals surface area (Å²) in [6.07, 6.45) is 0. The SMILES string of the molecule is COc1cccc([CH-]n2nnc3ccccc32)c1.[Li+]. The third-order valence-electron chi connectivity index (χ3n) is 2.74. The standard InChI is InChI=1S/C14H12N3O.Li/c1-18-12-6-4-5-11(9-12)10-17-14-8-3-2-7-13(14)15-16-17;/h2-10H,1H3;/q-1;+1. The molecular weight excluding hydrogens is 233 g/mol. The van der Waals surface area contributed by atoms with E-state index in [-0.39, 0.29) is 18.9 Å². The fourth-order valence-corrected chi connectivity index (χ4v) is 1.85. The van der Waals surface area contributed by atoms with Gasteiger partial charge in [0, 0.05) is 5.52 Å². The number of ether oxygens (including phenoxy) is 1. The van der Waals surface area contributed by atoms with Gasteiger partial charge in [-0.1, -0.05) is 36.0 Å². The van der Waals surface area contributed by atoms with Crippen molar-refractivity contribution in [3.05, 3.63) is 60.6 Å². The molecule has 5 heteroatoms. The van der Waals surface area contributed by atoms with Gasteiger partial charge in [-0.3, -0.25) is 4.68 Å². The van der Waals surface area contributed by atoms with Crippen molar-refractivity contribution in [2.24, 2.45) is 0 Å². The molecule has 1 aromatic heterocycles. The topological polar surface area (TPSA) is 39.9 Å². The van der Waals surface area contributed by atoms with Gasteiger partial charge < -0.3 is 4.74 Å². The van der Waals surface area contributed by atoms with Gasteiger partial charge in [0.25, 0.3) is 0 Å². The first kappa shape index (κ1) is 13.5. The van der Waals surface area contributed by atoms with E-state index in [9.17, 15) is 0 Å². The first-order valence-corrected chi connectivity index (χ1v) is 5.66. The van der Waals surface area contributed by atoms with Gasteiger partial charge in [-0.2, -0.15) is 0 Å². The van der Waals surface area contributed by atoms with Crippen LogP contribution in [0.3, 0.4) is 0 Å². The number of hydrogen-bond acceptors (Lipinski definition) is 3. The summed E-state index contributed by atoms with van der Waals surface area (Å²) in [6.45, 7) is 1.93. The monoisotopic (exact) mass is 245 g/mol. The Labute approximate surface area is 123 Å². The van der Waals surface area contributed by atoms with E-state index in [1.165, 1.54) is 0 Å². The van der Waals surface area contributed by atoms with Gasteiger partial charge in [-0.15, -0.1) is 22.8 Å². The quantitative estimate of drug-likeness (QED) is 0.461. The van der Waals surface area contributed by atoms with Crippen LogP contribution in [-0.4, -0.2) is 22.1 Å². The Balaban J connectivity index is 0.00000133. The molecule has 0 N–H and O–H groups in total. The van der Waals surface area contributed by atoms with Crippen molar-refractivity contribution in [1.29, 1.82) is 0 Å². The molecule has 19 heavy (non-hydrogen) atoms. The first-order valence-electron chi connectivity index (χ1n) is 5.66. The van der Waals surface area contributed by atoms with Crippen LogP contribution < -0.4 is 23.6 Å². The van der Waals surface area contributed by atoms with Crippen LogP contribution in [0.4, 0.5) is 0 Å². The zero-order valence-corrected chi connectivity index (χ0v) is 10.9.